The highest BCUT2D eigenvalue weighted by molar-refractivity contribution is 7.10. The van der Waals surface area contributed by atoms with Crippen LogP contribution in [0.2, 0.25) is 0 Å². The molecule has 140 valence electrons. The molecule has 1 aliphatic carbocycles. The molecule has 0 radical (unpaired) electrons. The van der Waals surface area contributed by atoms with Crippen LogP contribution in [0.25, 0.3) is 11.0 Å². The fourth-order valence-electron chi connectivity index (χ4n) is 3.92. The molecule has 5 nitrogen and oxygen atoms in total. The molecule has 0 unspecified atom stereocenters. The van der Waals surface area contributed by atoms with Crippen LogP contribution in [-0.2, 0) is 24.2 Å². The van der Waals surface area contributed by atoms with Gasteiger partial charge in [-0.2, -0.15) is 0 Å². The second kappa shape index (κ2) is 7.20. The number of para-hydroxylation sites is 1. The van der Waals surface area contributed by atoms with Gasteiger partial charge < -0.3 is 5.32 Å². The van der Waals surface area contributed by atoms with Crippen LogP contribution in [0.4, 0.5) is 0 Å². The molecule has 1 aliphatic rings. The summed E-state index contributed by atoms with van der Waals surface area (Å²) in [6.45, 7) is 0.146. The van der Waals surface area contributed by atoms with Gasteiger partial charge in [-0.25, -0.2) is 4.68 Å². The zero-order valence-electron chi connectivity index (χ0n) is 15.3. The summed E-state index contributed by atoms with van der Waals surface area (Å²) in [7, 11) is 0. The van der Waals surface area contributed by atoms with Crippen molar-refractivity contribution in [1.29, 1.82) is 0 Å². The van der Waals surface area contributed by atoms with Gasteiger partial charge in [-0.1, -0.05) is 41.6 Å². The second-order valence-electron chi connectivity index (χ2n) is 7.13. The summed E-state index contributed by atoms with van der Waals surface area (Å²) >= 11 is 1.66. The minimum Gasteiger partial charge on any atom is -0.343 e. The number of carbonyl (C=O) groups excluding carboxylic acids is 1. The summed E-state index contributed by atoms with van der Waals surface area (Å²) in [5.74, 6) is -0.0745. The van der Waals surface area contributed by atoms with E-state index in [2.05, 4.69) is 39.9 Å². The van der Waals surface area contributed by atoms with Crippen LogP contribution >= 0.6 is 11.3 Å². The van der Waals surface area contributed by atoms with Crippen LogP contribution in [0.15, 0.2) is 60.0 Å². The van der Waals surface area contributed by atoms with E-state index in [-0.39, 0.29) is 18.5 Å². The first kappa shape index (κ1) is 17.1. The number of carbonyl (C=O) groups is 1. The third kappa shape index (κ3) is 3.20. The Morgan fingerprint density at radius 2 is 2.00 bits per heavy atom. The van der Waals surface area contributed by atoms with Crippen molar-refractivity contribution in [2.75, 3.05) is 0 Å². The molecule has 1 N–H and O–H groups in total. The highest BCUT2D eigenvalue weighted by Gasteiger charge is 2.21. The van der Waals surface area contributed by atoms with Crippen molar-refractivity contribution < 1.29 is 4.79 Å². The number of thiophene rings is 1. The highest BCUT2D eigenvalue weighted by atomic mass is 32.1. The Morgan fingerprint density at radius 3 is 2.89 bits per heavy atom. The molecule has 1 amide bonds. The van der Waals surface area contributed by atoms with Crippen LogP contribution in [0.3, 0.4) is 0 Å². The second-order valence-corrected chi connectivity index (χ2v) is 8.11. The molecule has 0 spiro atoms. The molecule has 1 atom stereocenters. The van der Waals surface area contributed by atoms with Crippen LogP contribution < -0.4 is 5.32 Å². The van der Waals surface area contributed by atoms with Crippen LogP contribution in [0.1, 0.15) is 34.0 Å². The van der Waals surface area contributed by atoms with Gasteiger partial charge in [0.25, 0.3) is 0 Å². The van der Waals surface area contributed by atoms with Crippen LogP contribution in [0.5, 0.6) is 0 Å². The number of benzene rings is 2. The average molecular weight is 388 g/mol. The van der Waals surface area contributed by atoms with E-state index in [1.165, 1.54) is 17.5 Å². The van der Waals surface area contributed by atoms with Crippen molar-refractivity contribution in [3.8, 4) is 0 Å². The lowest BCUT2D eigenvalue weighted by molar-refractivity contribution is -0.122. The predicted molar refractivity (Wildman–Crippen MR) is 110 cm³/mol. The number of hydrogen-bond donors (Lipinski definition) is 1. The molecule has 5 rings (SSSR count). The van der Waals surface area contributed by atoms with Gasteiger partial charge in [0.15, 0.2) is 0 Å². The van der Waals surface area contributed by atoms with E-state index in [4.69, 9.17) is 0 Å². The fraction of sp³-hybridized carbons (Fsp3) is 0.227. The largest absolute Gasteiger partial charge is 0.343 e. The molecule has 0 saturated heterocycles. The summed E-state index contributed by atoms with van der Waals surface area (Å²) in [5.41, 5.74) is 5.65. The van der Waals surface area contributed by atoms with E-state index in [1.54, 1.807) is 16.0 Å². The lowest BCUT2D eigenvalue weighted by Crippen LogP contribution is -2.32. The summed E-state index contributed by atoms with van der Waals surface area (Å²) in [6.07, 6.45) is 3.50. The molecule has 0 saturated carbocycles. The summed E-state index contributed by atoms with van der Waals surface area (Å²) < 4.78 is 1.65. The summed E-state index contributed by atoms with van der Waals surface area (Å²) in [4.78, 5) is 14.0. The van der Waals surface area contributed by atoms with Crippen molar-refractivity contribution >= 4 is 28.3 Å². The smallest absolute Gasteiger partial charge is 0.242 e. The lowest BCUT2D eigenvalue weighted by atomic mass is 10.00. The minimum absolute atomic E-state index is 0.0745. The standard InChI is InChI=1S/C22H20N4OS/c27-21(14-26-19-8-2-1-7-18(19)24-25-26)23-22(20-9-4-12-28-20)17-11-10-15-5-3-6-16(15)13-17/h1-2,4,7-13,22H,3,5-6,14H2,(H,23,27)/t22-/m1/s1. The van der Waals surface area contributed by atoms with Gasteiger partial charge in [0, 0.05) is 4.88 Å². The number of rotatable bonds is 5. The van der Waals surface area contributed by atoms with E-state index >= 15 is 0 Å². The molecule has 2 aromatic heterocycles. The normalized spacial score (nSPS) is 14.1. The van der Waals surface area contributed by atoms with Gasteiger partial charge >= 0.3 is 0 Å². The first-order valence-corrected chi connectivity index (χ1v) is 10.4. The number of aromatic nitrogens is 3. The van der Waals surface area contributed by atoms with Crippen LogP contribution in [-0.4, -0.2) is 20.9 Å². The van der Waals surface area contributed by atoms with Gasteiger partial charge in [0.2, 0.25) is 5.91 Å². The zero-order valence-corrected chi connectivity index (χ0v) is 16.2. The molecule has 0 fully saturated rings. The maximum atomic E-state index is 12.9. The SMILES string of the molecule is O=C(Cn1nnc2ccccc21)N[C@H](c1ccc2c(c1)CCC2)c1cccs1. The Kier molecular flexibility index (Phi) is 4.41. The Balaban J connectivity index is 1.41. The number of fused-ring (bicyclic) bond motifs is 2. The monoisotopic (exact) mass is 388 g/mol. The summed E-state index contributed by atoms with van der Waals surface area (Å²) in [5, 5.41) is 13.5. The van der Waals surface area contributed by atoms with E-state index in [0.717, 1.165) is 34.3 Å². The first-order valence-electron chi connectivity index (χ1n) is 9.50. The number of aryl methyl sites for hydroxylation is 2. The molecule has 2 heterocycles. The fourth-order valence-corrected chi connectivity index (χ4v) is 4.72. The Labute approximate surface area is 167 Å². The molecule has 0 bridgehead atoms. The third-order valence-corrected chi connectivity index (χ3v) is 6.24. The maximum absolute atomic E-state index is 12.9. The predicted octanol–water partition coefficient (Wildman–Crippen LogP) is 3.89. The highest BCUT2D eigenvalue weighted by Crippen LogP contribution is 2.30. The van der Waals surface area contributed by atoms with Gasteiger partial charge in [-0.15, -0.1) is 16.4 Å². The van der Waals surface area contributed by atoms with Crippen LogP contribution in [0, 0.1) is 0 Å². The number of nitrogens with one attached hydrogen (secondary N) is 1. The van der Waals surface area contributed by atoms with Gasteiger partial charge in [0.05, 0.1) is 11.6 Å². The number of nitrogens with zero attached hydrogens (tertiary/aromatic N) is 3. The molecule has 0 aliphatic heterocycles. The topological polar surface area (TPSA) is 59.8 Å². The average Bonchev–Trinajstić information content (AvgIpc) is 3.47. The van der Waals surface area contributed by atoms with E-state index in [9.17, 15) is 4.79 Å². The Hall–Kier alpha value is -2.99. The molecule has 6 heteroatoms. The molecule has 2 aromatic carbocycles. The van der Waals surface area contributed by atoms with Crippen molar-refractivity contribution in [1.82, 2.24) is 20.3 Å². The number of hydrogen-bond acceptors (Lipinski definition) is 4. The van der Waals surface area contributed by atoms with E-state index < -0.39 is 0 Å². The Bertz CT molecular complexity index is 1130. The van der Waals surface area contributed by atoms with E-state index in [0.29, 0.717) is 0 Å². The molecule has 28 heavy (non-hydrogen) atoms. The molecular formula is C22H20N4OS. The zero-order chi connectivity index (χ0) is 18.9. The van der Waals surface area contributed by atoms with Crippen molar-refractivity contribution in [2.24, 2.45) is 0 Å². The van der Waals surface area contributed by atoms with Gasteiger partial charge in [0.1, 0.15) is 12.1 Å². The summed E-state index contributed by atoms with van der Waals surface area (Å²) in [6, 6.07) is 18.3. The van der Waals surface area contributed by atoms with Gasteiger partial charge in [-0.05, 0) is 59.5 Å². The first-order chi connectivity index (χ1) is 13.8. The number of amides is 1. The van der Waals surface area contributed by atoms with Crippen molar-refractivity contribution in [2.45, 2.75) is 31.8 Å². The van der Waals surface area contributed by atoms with Crippen molar-refractivity contribution in [3.63, 3.8) is 0 Å². The Morgan fingerprint density at radius 1 is 1.11 bits per heavy atom. The third-order valence-electron chi connectivity index (χ3n) is 5.30. The molecule has 4 aromatic rings. The van der Waals surface area contributed by atoms with E-state index in [1.807, 2.05) is 35.7 Å². The minimum atomic E-state index is -0.145. The maximum Gasteiger partial charge on any atom is 0.242 e. The quantitative estimate of drug-likeness (QED) is 0.564. The van der Waals surface area contributed by atoms with Gasteiger partial charge in [-0.3, -0.25) is 4.79 Å². The molecular weight excluding hydrogens is 368 g/mol. The lowest BCUT2D eigenvalue weighted by Gasteiger charge is -2.19. The van der Waals surface area contributed by atoms with Crippen molar-refractivity contribution in [3.05, 3.63) is 81.5 Å².